The molecule has 6 nitrogen and oxygen atoms in total. The molecule has 0 aliphatic rings. The van der Waals surface area contributed by atoms with E-state index in [-0.39, 0.29) is 18.4 Å². The fourth-order valence-electron chi connectivity index (χ4n) is 2.65. The van der Waals surface area contributed by atoms with Gasteiger partial charge in [0.15, 0.2) is 0 Å². The van der Waals surface area contributed by atoms with Crippen LogP contribution < -0.4 is 4.90 Å². The van der Waals surface area contributed by atoms with Crippen molar-refractivity contribution in [2.24, 2.45) is 0 Å². The molecule has 0 saturated carbocycles. The van der Waals surface area contributed by atoms with E-state index in [4.69, 9.17) is 11.6 Å². The molecule has 0 aliphatic heterocycles. The molecule has 0 aliphatic carbocycles. The molecule has 0 atom stereocenters. The van der Waals surface area contributed by atoms with Gasteiger partial charge in [-0.05, 0) is 41.5 Å². The molecule has 1 aromatic rings. The molecule has 0 spiro atoms. The minimum atomic E-state index is -0.136. The summed E-state index contributed by atoms with van der Waals surface area (Å²) in [5.74, 6) is 0.371. The summed E-state index contributed by atoms with van der Waals surface area (Å²) in [5, 5.41) is 0.539. The van der Waals surface area contributed by atoms with Crippen molar-refractivity contribution in [3.63, 3.8) is 0 Å². The number of aromatic nitrogens is 2. The Morgan fingerprint density at radius 2 is 1.44 bits per heavy atom. The molecular weight excluding hydrogens is 361 g/mol. The second-order valence-corrected chi connectivity index (χ2v) is 7.07. The zero-order chi connectivity index (χ0) is 18.6. The van der Waals surface area contributed by atoms with Gasteiger partial charge in [0.25, 0.3) is 0 Å². The lowest BCUT2D eigenvalue weighted by molar-refractivity contribution is 0.154. The van der Waals surface area contributed by atoms with Crippen LogP contribution in [0.2, 0.25) is 5.02 Å². The molecule has 144 valence electrons. The van der Waals surface area contributed by atoms with Crippen LogP contribution in [0.4, 0.5) is 10.7 Å². The molecule has 0 saturated heterocycles. The number of amides is 2. The summed E-state index contributed by atoms with van der Waals surface area (Å²) in [4.78, 5) is 26.8. The Bertz CT molecular complexity index is 549. The summed E-state index contributed by atoms with van der Waals surface area (Å²) in [6, 6.07) is 0.746. The Hall–Kier alpha value is -1.11. The molecule has 0 unspecified atom stereocenters. The van der Waals surface area contributed by atoms with Crippen LogP contribution in [0.15, 0.2) is 0 Å². The Balaban J connectivity index is 0.00000576. The van der Waals surface area contributed by atoms with Crippen molar-refractivity contribution in [3.05, 3.63) is 16.4 Å². The molecule has 0 bridgehead atoms. The van der Waals surface area contributed by atoms with Crippen LogP contribution >= 0.6 is 24.0 Å². The number of hydrogen-bond acceptors (Lipinski definition) is 4. The van der Waals surface area contributed by atoms with E-state index in [2.05, 4.69) is 42.6 Å². The summed E-state index contributed by atoms with van der Waals surface area (Å²) in [5.41, 5.74) is 1.35. The third-order valence-electron chi connectivity index (χ3n) is 4.10. The number of urea groups is 1. The van der Waals surface area contributed by atoms with Crippen LogP contribution in [0.1, 0.15) is 39.1 Å². The van der Waals surface area contributed by atoms with Gasteiger partial charge in [0.2, 0.25) is 5.95 Å². The topological polar surface area (TPSA) is 52.6 Å². The zero-order valence-corrected chi connectivity index (χ0v) is 18.1. The monoisotopic (exact) mass is 391 g/mol. The number of hydrogen-bond donors (Lipinski definition) is 0. The minimum Gasteiger partial charge on any atom is -0.326 e. The Labute approximate surface area is 163 Å². The highest BCUT2D eigenvalue weighted by atomic mass is 35.5. The smallest absolute Gasteiger partial charge is 0.326 e. The normalized spacial score (nSPS) is 11.0. The van der Waals surface area contributed by atoms with Crippen molar-refractivity contribution in [2.45, 2.75) is 53.6 Å². The summed E-state index contributed by atoms with van der Waals surface area (Å²) >= 11 is 6.10. The molecule has 0 aromatic carbocycles. The number of anilines is 1. The summed E-state index contributed by atoms with van der Waals surface area (Å²) in [7, 11) is 3.48. The van der Waals surface area contributed by atoms with E-state index in [1.165, 1.54) is 4.90 Å². The fraction of sp³-hybridized carbons (Fsp3) is 0.706. The lowest BCUT2D eigenvalue weighted by Gasteiger charge is -2.33. The molecule has 8 heteroatoms. The number of nitrogens with zero attached hydrogens (tertiary/aromatic N) is 5. The van der Waals surface area contributed by atoms with Gasteiger partial charge in [-0.15, -0.1) is 12.4 Å². The standard InChI is InChI=1S/C17H30ClN5O.ClH/c1-11(2)23(12(3)4)10-9-21(7)17(24)22(8)16-19-13(5)15(18)14(6)20-16;/h11-12H,9-10H2,1-8H3;1H. The number of halogens is 2. The van der Waals surface area contributed by atoms with Crippen molar-refractivity contribution in [1.82, 2.24) is 19.8 Å². The van der Waals surface area contributed by atoms with Crippen LogP contribution in [-0.2, 0) is 0 Å². The van der Waals surface area contributed by atoms with E-state index in [0.29, 0.717) is 41.0 Å². The largest absolute Gasteiger partial charge is 0.326 e. The van der Waals surface area contributed by atoms with Crippen molar-refractivity contribution >= 4 is 36.0 Å². The molecule has 1 heterocycles. The van der Waals surface area contributed by atoms with Gasteiger partial charge >= 0.3 is 6.03 Å². The maximum absolute atomic E-state index is 12.6. The quantitative estimate of drug-likeness (QED) is 0.740. The predicted octanol–water partition coefficient (Wildman–Crippen LogP) is 3.78. The van der Waals surface area contributed by atoms with Crippen LogP contribution in [0, 0.1) is 13.8 Å². The van der Waals surface area contributed by atoms with Gasteiger partial charge < -0.3 is 4.90 Å². The summed E-state index contributed by atoms with van der Waals surface area (Å²) < 4.78 is 0. The number of rotatable bonds is 6. The van der Waals surface area contributed by atoms with Crippen molar-refractivity contribution in [2.75, 3.05) is 32.1 Å². The second kappa shape index (κ2) is 10.1. The van der Waals surface area contributed by atoms with Crippen LogP contribution in [0.3, 0.4) is 0 Å². The van der Waals surface area contributed by atoms with Gasteiger partial charge in [-0.3, -0.25) is 9.80 Å². The van der Waals surface area contributed by atoms with Crippen LogP contribution in [-0.4, -0.2) is 65.1 Å². The maximum atomic E-state index is 12.6. The SMILES string of the molecule is Cc1nc(N(C)C(=O)N(C)CCN(C(C)C)C(C)C)nc(C)c1Cl.Cl. The lowest BCUT2D eigenvalue weighted by atomic mass is 10.2. The molecule has 1 aromatic heterocycles. The first-order valence-corrected chi connectivity index (χ1v) is 8.69. The van der Waals surface area contributed by atoms with Gasteiger partial charge in [-0.1, -0.05) is 11.6 Å². The van der Waals surface area contributed by atoms with Crippen molar-refractivity contribution in [1.29, 1.82) is 0 Å². The van der Waals surface area contributed by atoms with E-state index >= 15 is 0 Å². The molecular formula is C17H31Cl2N5O. The summed E-state index contributed by atoms with van der Waals surface area (Å²) in [6.07, 6.45) is 0. The van der Waals surface area contributed by atoms with Crippen LogP contribution in [0.25, 0.3) is 0 Å². The van der Waals surface area contributed by atoms with E-state index in [1.54, 1.807) is 19.0 Å². The molecule has 0 N–H and O–H groups in total. The average Bonchev–Trinajstić information content (AvgIpc) is 2.49. The molecule has 1 rings (SSSR count). The number of aryl methyl sites for hydroxylation is 2. The van der Waals surface area contributed by atoms with E-state index in [0.717, 1.165) is 6.54 Å². The van der Waals surface area contributed by atoms with Crippen LogP contribution in [0.5, 0.6) is 0 Å². The number of carbonyl (C=O) groups excluding carboxylic acids is 1. The zero-order valence-electron chi connectivity index (χ0n) is 16.5. The minimum absolute atomic E-state index is 0. The first kappa shape index (κ1) is 23.9. The number of carbonyl (C=O) groups is 1. The van der Waals surface area contributed by atoms with Crippen molar-refractivity contribution in [3.8, 4) is 0 Å². The maximum Gasteiger partial charge on any atom is 0.326 e. The molecule has 2 amide bonds. The highest BCUT2D eigenvalue weighted by Gasteiger charge is 2.21. The second-order valence-electron chi connectivity index (χ2n) is 6.70. The Morgan fingerprint density at radius 3 is 1.84 bits per heavy atom. The summed E-state index contributed by atoms with van der Waals surface area (Å²) in [6.45, 7) is 13.8. The van der Waals surface area contributed by atoms with Crippen molar-refractivity contribution < 1.29 is 4.79 Å². The lowest BCUT2D eigenvalue weighted by Crippen LogP contribution is -2.46. The van der Waals surface area contributed by atoms with E-state index in [9.17, 15) is 4.79 Å². The average molecular weight is 392 g/mol. The third kappa shape index (κ3) is 6.28. The predicted molar refractivity (Wildman–Crippen MR) is 107 cm³/mol. The van der Waals surface area contributed by atoms with Gasteiger partial charge in [0, 0.05) is 39.3 Å². The highest BCUT2D eigenvalue weighted by molar-refractivity contribution is 6.31. The van der Waals surface area contributed by atoms with E-state index in [1.807, 2.05) is 13.8 Å². The number of likely N-dealkylation sites (N-methyl/N-ethyl adjacent to an activating group) is 1. The first-order valence-electron chi connectivity index (χ1n) is 8.31. The molecule has 0 fully saturated rings. The Morgan fingerprint density at radius 1 is 1.00 bits per heavy atom. The first-order chi connectivity index (χ1) is 11.1. The fourth-order valence-corrected chi connectivity index (χ4v) is 2.73. The molecule has 25 heavy (non-hydrogen) atoms. The third-order valence-corrected chi connectivity index (χ3v) is 4.65. The van der Waals surface area contributed by atoms with Gasteiger partial charge in [0.1, 0.15) is 0 Å². The highest BCUT2D eigenvalue weighted by Crippen LogP contribution is 2.20. The Kier molecular flexibility index (Phi) is 9.69. The molecule has 0 radical (unpaired) electrons. The van der Waals surface area contributed by atoms with Gasteiger partial charge in [-0.2, -0.15) is 0 Å². The van der Waals surface area contributed by atoms with E-state index < -0.39 is 0 Å². The van der Waals surface area contributed by atoms with Gasteiger partial charge in [0.05, 0.1) is 16.4 Å². The van der Waals surface area contributed by atoms with Gasteiger partial charge in [-0.25, -0.2) is 14.8 Å².